The Morgan fingerprint density at radius 1 is 1.38 bits per heavy atom. The molecule has 2 aromatic heterocycles. The summed E-state index contributed by atoms with van der Waals surface area (Å²) >= 11 is 6.90. The van der Waals surface area contributed by atoms with Crippen LogP contribution in [-0.2, 0) is 9.84 Å². The van der Waals surface area contributed by atoms with Gasteiger partial charge in [-0.3, -0.25) is 0 Å². The summed E-state index contributed by atoms with van der Waals surface area (Å²) in [4.78, 5) is 8.57. The molecule has 2 rings (SSSR count). The van der Waals surface area contributed by atoms with Crippen LogP contribution in [0.1, 0.15) is 6.42 Å². The lowest BCUT2D eigenvalue weighted by atomic mass is 10.4. The maximum atomic E-state index is 12.0. The number of nitrogens with zero attached hydrogens (tertiary/aromatic N) is 2. The molecule has 0 unspecified atom stereocenters. The molecular formula is C9H9ClN2O2S2. The van der Waals surface area contributed by atoms with Crippen molar-refractivity contribution in [2.75, 3.05) is 11.6 Å². The minimum atomic E-state index is -3.35. The number of thiophene rings is 1. The van der Waals surface area contributed by atoms with Gasteiger partial charge < -0.3 is 0 Å². The van der Waals surface area contributed by atoms with Gasteiger partial charge in [-0.25, -0.2) is 18.4 Å². The number of sulfone groups is 1. The Morgan fingerprint density at radius 2 is 2.19 bits per heavy atom. The van der Waals surface area contributed by atoms with Gasteiger partial charge in [0, 0.05) is 11.3 Å². The highest BCUT2D eigenvalue weighted by Crippen LogP contribution is 2.24. The highest BCUT2D eigenvalue weighted by Gasteiger charge is 2.19. The Morgan fingerprint density at radius 3 is 2.94 bits per heavy atom. The lowest BCUT2D eigenvalue weighted by Gasteiger charge is -2.02. The summed E-state index contributed by atoms with van der Waals surface area (Å²) in [5, 5.41) is 2.52. The van der Waals surface area contributed by atoms with Crippen LogP contribution in [0.15, 0.2) is 22.8 Å². The zero-order valence-corrected chi connectivity index (χ0v) is 10.6. The van der Waals surface area contributed by atoms with E-state index < -0.39 is 9.84 Å². The van der Waals surface area contributed by atoms with Crippen molar-refractivity contribution in [1.82, 2.24) is 9.97 Å². The van der Waals surface area contributed by atoms with Gasteiger partial charge in [0.2, 0.25) is 0 Å². The van der Waals surface area contributed by atoms with Crippen LogP contribution in [-0.4, -0.2) is 30.0 Å². The molecule has 0 spiro atoms. The predicted molar refractivity (Wildman–Crippen MR) is 64.8 cm³/mol. The first kappa shape index (κ1) is 11.8. The molecule has 0 aliphatic carbocycles. The van der Waals surface area contributed by atoms with Gasteiger partial charge in [-0.2, -0.15) is 0 Å². The van der Waals surface area contributed by atoms with E-state index in [1.807, 2.05) is 0 Å². The first-order valence-corrected chi connectivity index (χ1v) is 7.69. The molecule has 2 aromatic rings. The monoisotopic (exact) mass is 276 g/mol. The summed E-state index contributed by atoms with van der Waals surface area (Å²) in [6.07, 6.45) is 1.71. The number of fused-ring (bicyclic) bond motifs is 1. The lowest BCUT2D eigenvalue weighted by Crippen LogP contribution is -2.09. The fourth-order valence-corrected chi connectivity index (χ4v) is 3.87. The Bertz CT molecular complexity index is 594. The summed E-state index contributed by atoms with van der Waals surface area (Å²) in [7, 11) is -3.35. The first-order chi connectivity index (χ1) is 7.65. The average Bonchev–Trinajstić information content (AvgIpc) is 2.73. The maximum Gasteiger partial charge on any atom is 0.196 e. The van der Waals surface area contributed by atoms with Gasteiger partial charge in [-0.15, -0.1) is 22.9 Å². The number of rotatable bonds is 4. The highest BCUT2D eigenvalue weighted by atomic mass is 35.5. The summed E-state index contributed by atoms with van der Waals surface area (Å²) in [6.45, 7) is 0. The third kappa shape index (κ3) is 2.18. The van der Waals surface area contributed by atoms with Crippen LogP contribution in [0.2, 0.25) is 0 Å². The fourth-order valence-electron chi connectivity index (χ4n) is 1.36. The lowest BCUT2D eigenvalue weighted by molar-refractivity contribution is 0.592. The van der Waals surface area contributed by atoms with Crippen LogP contribution in [0.5, 0.6) is 0 Å². The van der Waals surface area contributed by atoms with Crippen molar-refractivity contribution in [2.45, 2.75) is 11.4 Å². The number of hydrogen-bond acceptors (Lipinski definition) is 5. The third-order valence-corrected chi connectivity index (χ3v) is 4.90. The van der Waals surface area contributed by atoms with E-state index in [4.69, 9.17) is 11.6 Å². The molecule has 0 saturated heterocycles. The number of hydrogen-bond donors (Lipinski definition) is 0. The van der Waals surface area contributed by atoms with Crippen LogP contribution in [0.25, 0.3) is 10.2 Å². The van der Waals surface area contributed by atoms with Gasteiger partial charge in [0.05, 0.1) is 5.75 Å². The van der Waals surface area contributed by atoms with E-state index in [9.17, 15) is 8.42 Å². The average molecular weight is 277 g/mol. The van der Waals surface area contributed by atoms with Gasteiger partial charge in [0.25, 0.3) is 0 Å². The van der Waals surface area contributed by atoms with Gasteiger partial charge in [0.15, 0.2) is 14.9 Å². The molecule has 0 radical (unpaired) electrons. The largest absolute Gasteiger partial charge is 0.225 e. The Balaban J connectivity index is 2.50. The molecule has 2 heterocycles. The normalized spacial score (nSPS) is 12.1. The summed E-state index contributed by atoms with van der Waals surface area (Å²) in [5.74, 6) is 0.357. The van der Waals surface area contributed by atoms with Gasteiger partial charge in [-0.05, 0) is 17.9 Å². The highest BCUT2D eigenvalue weighted by molar-refractivity contribution is 7.91. The molecule has 0 saturated carbocycles. The zero-order valence-electron chi connectivity index (χ0n) is 8.26. The molecule has 4 nitrogen and oxygen atoms in total. The van der Waals surface area contributed by atoms with E-state index in [0.717, 1.165) is 0 Å². The minimum Gasteiger partial charge on any atom is -0.225 e. The van der Waals surface area contributed by atoms with Crippen molar-refractivity contribution in [3.05, 3.63) is 17.8 Å². The SMILES string of the molecule is O=S(=O)(CCCCl)c1ncnc2sccc12. The number of alkyl halides is 1. The van der Waals surface area contributed by atoms with Crippen LogP contribution in [0.3, 0.4) is 0 Å². The molecule has 7 heteroatoms. The van der Waals surface area contributed by atoms with E-state index >= 15 is 0 Å². The number of aromatic nitrogens is 2. The Labute approximate surface area is 102 Å². The fraction of sp³-hybridized carbons (Fsp3) is 0.333. The molecule has 0 aromatic carbocycles. The van der Waals surface area contributed by atoms with Crippen molar-refractivity contribution in [3.63, 3.8) is 0 Å². The second-order valence-corrected chi connectivity index (χ2v) is 6.48. The number of halogens is 1. The molecule has 0 bridgehead atoms. The summed E-state index contributed by atoms with van der Waals surface area (Å²) < 4.78 is 23.9. The molecule has 0 N–H and O–H groups in total. The van der Waals surface area contributed by atoms with Crippen molar-refractivity contribution >= 4 is 43.0 Å². The molecule has 0 amide bonds. The van der Waals surface area contributed by atoms with Gasteiger partial charge >= 0.3 is 0 Å². The molecule has 0 aliphatic rings. The minimum absolute atomic E-state index is 0.0262. The van der Waals surface area contributed by atoms with E-state index in [2.05, 4.69) is 9.97 Å². The van der Waals surface area contributed by atoms with Gasteiger partial charge in [-0.1, -0.05) is 0 Å². The summed E-state index contributed by atoms with van der Waals surface area (Å²) in [6, 6.07) is 1.73. The predicted octanol–water partition coefficient (Wildman–Crippen LogP) is 2.09. The van der Waals surface area contributed by atoms with E-state index in [1.54, 1.807) is 11.4 Å². The van der Waals surface area contributed by atoms with Crippen LogP contribution >= 0.6 is 22.9 Å². The van der Waals surface area contributed by atoms with Crippen molar-refractivity contribution in [2.24, 2.45) is 0 Å². The first-order valence-electron chi connectivity index (χ1n) is 4.62. The zero-order chi connectivity index (χ0) is 11.6. The third-order valence-electron chi connectivity index (χ3n) is 2.07. The van der Waals surface area contributed by atoms with Crippen molar-refractivity contribution < 1.29 is 8.42 Å². The molecule has 86 valence electrons. The molecule has 0 aliphatic heterocycles. The van der Waals surface area contributed by atoms with Crippen molar-refractivity contribution in [3.8, 4) is 0 Å². The Hall–Kier alpha value is -0.720. The smallest absolute Gasteiger partial charge is 0.196 e. The topological polar surface area (TPSA) is 59.9 Å². The molecule has 0 atom stereocenters. The Kier molecular flexibility index (Phi) is 3.41. The van der Waals surface area contributed by atoms with Crippen LogP contribution in [0, 0.1) is 0 Å². The molecule has 16 heavy (non-hydrogen) atoms. The van der Waals surface area contributed by atoms with Crippen molar-refractivity contribution in [1.29, 1.82) is 0 Å². The van der Waals surface area contributed by atoms with Gasteiger partial charge in [0.1, 0.15) is 11.2 Å². The van der Waals surface area contributed by atoms with E-state index in [-0.39, 0.29) is 10.8 Å². The van der Waals surface area contributed by atoms with E-state index in [1.165, 1.54) is 17.7 Å². The van der Waals surface area contributed by atoms with Crippen LogP contribution in [0.4, 0.5) is 0 Å². The standard InChI is InChI=1S/C9H9ClN2O2S2/c10-3-1-5-16(13,14)9-7-2-4-15-8(7)11-6-12-9/h2,4,6H,1,3,5H2. The summed E-state index contributed by atoms with van der Waals surface area (Å²) in [5.41, 5.74) is 0. The second kappa shape index (κ2) is 4.65. The molecule has 0 fully saturated rings. The van der Waals surface area contributed by atoms with E-state index in [0.29, 0.717) is 22.5 Å². The quantitative estimate of drug-likeness (QED) is 0.634. The maximum absolute atomic E-state index is 12.0. The van der Waals surface area contributed by atoms with Crippen LogP contribution < -0.4 is 0 Å². The molecular weight excluding hydrogens is 268 g/mol. The second-order valence-electron chi connectivity index (χ2n) is 3.18.